The lowest BCUT2D eigenvalue weighted by molar-refractivity contribution is 0.381. The summed E-state index contributed by atoms with van der Waals surface area (Å²) in [4.78, 5) is -0.527. The molecule has 318 valence electrons. The highest BCUT2D eigenvalue weighted by molar-refractivity contribution is 7.23. The molecule has 0 atom stereocenters. The number of hydrogen-bond acceptors (Lipinski definition) is 2. The molecule has 0 nitrogen and oxygen atoms in total. The first-order chi connectivity index (χ1) is 29.6. The van der Waals surface area contributed by atoms with Crippen molar-refractivity contribution in [3.63, 3.8) is 0 Å². The van der Waals surface area contributed by atoms with Crippen molar-refractivity contribution in [1.29, 1.82) is 0 Å². The highest BCUT2D eigenvalue weighted by Gasteiger charge is 2.29. The summed E-state index contributed by atoms with van der Waals surface area (Å²) in [5.74, 6) is -21.0. The first kappa shape index (κ1) is 46.8. The molecule has 0 saturated heterocycles. The van der Waals surface area contributed by atoms with Crippen LogP contribution in [0.25, 0.3) is 41.1 Å². The van der Waals surface area contributed by atoms with Gasteiger partial charge in [0.15, 0.2) is 46.5 Å². The monoisotopic (exact) mass is 890 g/mol. The highest BCUT2D eigenvalue weighted by atomic mass is 32.1. The molecule has 9 rings (SSSR count). The molecule has 0 saturated carbocycles. The van der Waals surface area contributed by atoms with E-state index in [1.54, 1.807) is 0 Å². The topological polar surface area (TPSA) is 0 Å². The van der Waals surface area contributed by atoms with Gasteiger partial charge in [-0.1, -0.05) is 144 Å². The van der Waals surface area contributed by atoms with E-state index in [2.05, 4.69) is 76.2 Å². The van der Waals surface area contributed by atoms with Gasteiger partial charge in [-0.3, -0.25) is 0 Å². The van der Waals surface area contributed by atoms with Crippen LogP contribution in [-0.4, -0.2) is 0 Å². The first-order valence-corrected chi connectivity index (χ1v) is 20.3. The minimum atomic E-state index is -2.29. The average Bonchev–Trinajstić information content (AvgIpc) is 3.87. The summed E-state index contributed by atoms with van der Waals surface area (Å²) in [6.07, 6.45) is 0. The standard InChI is InChI=1S/C22H4F10S2.4C7H8/c23-13-11(14(24)18(28)21(31)17(13)27)9-3-5-1-7-6(2-8(5)34-9)4-10(33-7)12-15(25)19(29)22(32)20(30)16(12)26;4*1-7-5-3-2-4-6-7/h1-4H;4*2-6H,1H3. The largest absolute Gasteiger partial charge is 0.203 e. The molecule has 9 aromatic rings. The summed E-state index contributed by atoms with van der Waals surface area (Å²) in [5.41, 5.74) is 3.07. The summed E-state index contributed by atoms with van der Waals surface area (Å²) < 4.78 is 138. The summed E-state index contributed by atoms with van der Waals surface area (Å²) in [6, 6.07) is 46.2. The van der Waals surface area contributed by atoms with Gasteiger partial charge in [0.25, 0.3) is 0 Å². The maximum atomic E-state index is 14.2. The van der Waals surface area contributed by atoms with Gasteiger partial charge in [0.1, 0.15) is 0 Å². The molecule has 12 heteroatoms. The molecule has 0 aliphatic heterocycles. The lowest BCUT2D eigenvalue weighted by Crippen LogP contribution is -2.03. The fraction of sp³-hybridized carbons (Fsp3) is 0.0800. The number of benzene rings is 7. The van der Waals surface area contributed by atoms with E-state index in [0.29, 0.717) is 42.8 Å². The Morgan fingerprint density at radius 1 is 0.274 bits per heavy atom. The third-order valence-corrected chi connectivity index (χ3v) is 11.1. The minimum Gasteiger partial charge on any atom is -0.203 e. The number of hydrogen-bond donors (Lipinski definition) is 0. The Bertz CT molecular complexity index is 2500. The second-order valence-corrected chi connectivity index (χ2v) is 15.8. The van der Waals surface area contributed by atoms with E-state index in [-0.39, 0.29) is 9.75 Å². The van der Waals surface area contributed by atoms with Crippen LogP contribution in [-0.2, 0) is 0 Å². The van der Waals surface area contributed by atoms with Gasteiger partial charge in [-0.05, 0) is 62.7 Å². The number of thiophene rings is 2. The molecule has 0 spiro atoms. The van der Waals surface area contributed by atoms with Gasteiger partial charge in [0, 0.05) is 19.2 Å². The smallest absolute Gasteiger partial charge is 0.200 e. The van der Waals surface area contributed by atoms with Gasteiger partial charge in [0.05, 0.1) is 11.1 Å². The lowest BCUT2D eigenvalue weighted by atomic mass is 10.1. The van der Waals surface area contributed by atoms with Gasteiger partial charge < -0.3 is 0 Å². The van der Waals surface area contributed by atoms with Crippen LogP contribution >= 0.6 is 22.7 Å². The van der Waals surface area contributed by atoms with E-state index in [1.165, 1.54) is 34.4 Å². The Morgan fingerprint density at radius 3 is 0.677 bits per heavy atom. The molecule has 7 aromatic carbocycles. The molecule has 0 fully saturated rings. The van der Waals surface area contributed by atoms with Crippen LogP contribution in [0.15, 0.2) is 146 Å². The third-order valence-electron chi connectivity index (χ3n) is 8.83. The zero-order valence-electron chi connectivity index (χ0n) is 33.5. The molecule has 0 N–H and O–H groups in total. The van der Waals surface area contributed by atoms with Gasteiger partial charge in [0.2, 0.25) is 11.6 Å². The second-order valence-electron chi connectivity index (χ2n) is 13.7. The molecule has 0 aliphatic carbocycles. The summed E-state index contributed by atoms with van der Waals surface area (Å²) in [7, 11) is 0. The number of rotatable bonds is 2. The summed E-state index contributed by atoms with van der Waals surface area (Å²) >= 11 is 1.37. The van der Waals surface area contributed by atoms with Crippen molar-refractivity contribution in [3.8, 4) is 20.9 Å². The summed E-state index contributed by atoms with van der Waals surface area (Å²) in [5, 5.41) is 0.588. The quantitative estimate of drug-likeness (QED) is 0.0922. The number of aryl methyl sites for hydroxylation is 4. The second kappa shape index (κ2) is 21.5. The molecule has 2 aromatic heterocycles. The van der Waals surface area contributed by atoms with E-state index >= 15 is 0 Å². The molecule has 0 aliphatic rings. The fourth-order valence-corrected chi connectivity index (χ4v) is 7.85. The Morgan fingerprint density at radius 2 is 0.484 bits per heavy atom. The van der Waals surface area contributed by atoms with Crippen molar-refractivity contribution in [3.05, 3.63) is 226 Å². The van der Waals surface area contributed by atoms with Crippen LogP contribution in [0.4, 0.5) is 43.9 Å². The van der Waals surface area contributed by atoms with Gasteiger partial charge in [-0.25, -0.2) is 43.9 Å². The van der Waals surface area contributed by atoms with Crippen molar-refractivity contribution < 1.29 is 43.9 Å². The molecule has 0 amide bonds. The van der Waals surface area contributed by atoms with Crippen LogP contribution in [0.2, 0.25) is 0 Å². The molecular formula is C50H36F10S2. The molecular weight excluding hydrogens is 855 g/mol. The molecule has 2 heterocycles. The van der Waals surface area contributed by atoms with Crippen LogP contribution in [0, 0.1) is 85.9 Å². The van der Waals surface area contributed by atoms with Crippen molar-refractivity contribution >= 4 is 42.8 Å². The fourth-order valence-electron chi connectivity index (χ4n) is 5.60. The van der Waals surface area contributed by atoms with Crippen LogP contribution in [0.3, 0.4) is 0 Å². The van der Waals surface area contributed by atoms with Gasteiger partial charge in [-0.2, -0.15) is 0 Å². The van der Waals surface area contributed by atoms with Gasteiger partial charge >= 0.3 is 0 Å². The highest BCUT2D eigenvalue weighted by Crippen LogP contribution is 2.44. The van der Waals surface area contributed by atoms with Gasteiger partial charge in [-0.15, -0.1) is 22.7 Å². The maximum Gasteiger partial charge on any atom is 0.200 e. The van der Waals surface area contributed by atoms with E-state index in [4.69, 9.17) is 0 Å². The third kappa shape index (κ3) is 11.6. The van der Waals surface area contributed by atoms with Crippen LogP contribution < -0.4 is 0 Å². The Hall–Kier alpha value is -6.24. The van der Waals surface area contributed by atoms with E-state index in [0.717, 1.165) is 12.1 Å². The van der Waals surface area contributed by atoms with Crippen molar-refractivity contribution in [2.45, 2.75) is 27.7 Å². The molecule has 62 heavy (non-hydrogen) atoms. The number of fused-ring (bicyclic) bond motifs is 2. The predicted octanol–water partition coefficient (Wildman–Crippen LogP) is 16.8. The normalized spacial score (nSPS) is 10.4. The van der Waals surface area contributed by atoms with E-state index in [9.17, 15) is 43.9 Å². The Balaban J connectivity index is 0.000000205. The van der Waals surface area contributed by atoms with E-state index < -0.39 is 69.3 Å². The van der Waals surface area contributed by atoms with Crippen LogP contribution in [0.1, 0.15) is 22.3 Å². The summed E-state index contributed by atoms with van der Waals surface area (Å²) in [6.45, 7) is 8.33. The van der Waals surface area contributed by atoms with E-state index in [1.807, 2.05) is 72.8 Å². The van der Waals surface area contributed by atoms with Crippen molar-refractivity contribution in [2.24, 2.45) is 0 Å². The zero-order chi connectivity index (χ0) is 45.1. The van der Waals surface area contributed by atoms with Crippen LogP contribution in [0.5, 0.6) is 0 Å². The maximum absolute atomic E-state index is 14.2. The predicted molar refractivity (Wildman–Crippen MR) is 232 cm³/mol. The lowest BCUT2D eigenvalue weighted by Gasteiger charge is -2.06. The average molecular weight is 891 g/mol. The zero-order valence-corrected chi connectivity index (χ0v) is 35.1. The molecule has 0 radical (unpaired) electrons. The molecule has 0 unspecified atom stereocenters. The van der Waals surface area contributed by atoms with Crippen molar-refractivity contribution in [2.75, 3.05) is 0 Å². The Labute approximate surface area is 360 Å². The SMILES string of the molecule is Cc1ccccc1.Cc1ccccc1.Cc1ccccc1.Cc1ccccc1.Fc1c(F)c(F)c(-c2cc3cc4sc(-c5c(F)c(F)c(F)c(F)c5F)cc4cc3s2)c(F)c1F. The van der Waals surface area contributed by atoms with Crippen molar-refractivity contribution in [1.82, 2.24) is 0 Å². The first-order valence-electron chi connectivity index (χ1n) is 18.7. The molecule has 0 bridgehead atoms. The minimum absolute atomic E-state index is 0.263. The number of halogens is 10. The Kier molecular flexibility index (Phi) is 16.2.